The average molecular weight is 693 g/mol. The number of aryl methyl sites for hydroxylation is 2. The first kappa shape index (κ1) is 35.0. The fraction of sp³-hybridized carbons (Fsp3) is 0.278. The van der Waals surface area contributed by atoms with Crippen molar-refractivity contribution < 1.29 is 43.1 Å². The van der Waals surface area contributed by atoms with Gasteiger partial charge in [-0.3, -0.25) is 0 Å². The number of anilines is 2. The van der Waals surface area contributed by atoms with Crippen LogP contribution in [0.25, 0.3) is 24.3 Å². The maximum atomic E-state index is 2.29. The summed E-state index contributed by atoms with van der Waals surface area (Å²) in [6, 6.07) is 26.0. The van der Waals surface area contributed by atoms with Gasteiger partial charge in [-0.1, -0.05) is 48.6 Å². The second-order valence-corrected chi connectivity index (χ2v) is 10.8. The van der Waals surface area contributed by atoms with Gasteiger partial charge in [0.2, 0.25) is 0 Å². The number of rotatable bonds is 13. The number of nitrogens with zero attached hydrogens (tertiary/aromatic N) is 4. The first-order valence-electron chi connectivity index (χ1n) is 14.4. The third-order valence-electron chi connectivity index (χ3n) is 7.17. The zero-order valence-electron chi connectivity index (χ0n) is 25.3. The summed E-state index contributed by atoms with van der Waals surface area (Å²) in [5.41, 5.74) is 7.33. The predicted octanol–water partition coefficient (Wildman–Crippen LogP) is 1.00. The van der Waals surface area contributed by atoms with Crippen LogP contribution in [-0.4, -0.2) is 28.2 Å². The molecule has 2 heterocycles. The molecule has 0 aliphatic rings. The van der Waals surface area contributed by atoms with Crippen molar-refractivity contribution in [3.8, 4) is 0 Å². The summed E-state index contributed by atoms with van der Waals surface area (Å²) >= 11 is 0. The van der Waals surface area contributed by atoms with Crippen molar-refractivity contribution in [1.82, 2.24) is 0 Å². The first-order valence-corrected chi connectivity index (χ1v) is 14.4. The largest absolute Gasteiger partial charge is 1.00 e. The zero-order valence-corrected chi connectivity index (χ0v) is 28.5. The molecule has 0 spiro atoms. The van der Waals surface area contributed by atoms with Gasteiger partial charge in [0.05, 0.1) is 0 Å². The maximum absolute atomic E-state index is 2.29. The average Bonchev–Trinajstić information content (AvgIpc) is 2.98. The van der Waals surface area contributed by atoms with E-state index in [9.17, 15) is 0 Å². The molecule has 0 radical (unpaired) electrons. The van der Waals surface area contributed by atoms with Crippen LogP contribution in [0.1, 0.15) is 47.9 Å². The number of aromatic nitrogens is 2. The van der Waals surface area contributed by atoms with Crippen molar-refractivity contribution in [1.29, 1.82) is 0 Å². The Bertz CT molecular complexity index is 1250. The van der Waals surface area contributed by atoms with E-state index in [0.29, 0.717) is 0 Å². The van der Waals surface area contributed by atoms with Crippen molar-refractivity contribution in [3.63, 3.8) is 0 Å². The second-order valence-electron chi connectivity index (χ2n) is 10.8. The van der Waals surface area contributed by atoms with Gasteiger partial charge in [0.25, 0.3) is 0 Å². The van der Waals surface area contributed by atoms with E-state index in [2.05, 4.69) is 169 Å². The standard InChI is InChI=1S/C36H44N4.2BrH/c1-37(2)35-17-13-31(14-18-35)9-11-33-21-27-39(28-22-33)25-7-5-6-8-26-40-29-23-34(24-30-40)12-10-32-15-19-36(20-16-32)38(3)4;;/h9-24,27-30H,5-8,25-26H2,1-4H3;2*1H/q+2;;/p-2. The Morgan fingerprint density at radius 2 is 0.714 bits per heavy atom. The molecule has 2 aromatic carbocycles. The quantitative estimate of drug-likeness (QED) is 0.154. The van der Waals surface area contributed by atoms with Crippen LogP contribution in [0.15, 0.2) is 97.6 Å². The Morgan fingerprint density at radius 1 is 0.429 bits per heavy atom. The molecule has 4 aromatic rings. The van der Waals surface area contributed by atoms with Gasteiger partial charge in [-0.2, -0.15) is 0 Å². The van der Waals surface area contributed by atoms with Crippen LogP contribution in [0.3, 0.4) is 0 Å². The molecule has 0 aliphatic heterocycles. The molecule has 0 saturated carbocycles. The first-order chi connectivity index (χ1) is 19.5. The van der Waals surface area contributed by atoms with Crippen molar-refractivity contribution in [3.05, 3.63) is 120 Å². The van der Waals surface area contributed by atoms with Crippen LogP contribution in [-0.2, 0) is 13.1 Å². The third kappa shape index (κ3) is 11.6. The van der Waals surface area contributed by atoms with Gasteiger partial charge in [-0.25, -0.2) is 9.13 Å². The minimum Gasteiger partial charge on any atom is -1.00 e. The molecule has 2 aromatic heterocycles. The highest BCUT2D eigenvalue weighted by atomic mass is 79.9. The number of pyridine rings is 2. The van der Waals surface area contributed by atoms with E-state index in [1.54, 1.807) is 0 Å². The Hall–Kier alpha value is -3.22. The summed E-state index contributed by atoms with van der Waals surface area (Å²) in [5.74, 6) is 0. The molecule has 0 fully saturated rings. The normalized spacial score (nSPS) is 10.9. The Balaban J connectivity index is 0.00000308. The zero-order chi connectivity index (χ0) is 28.2. The summed E-state index contributed by atoms with van der Waals surface area (Å²) in [5, 5.41) is 0. The number of benzene rings is 2. The van der Waals surface area contributed by atoms with E-state index < -0.39 is 0 Å². The minimum absolute atomic E-state index is 0. The van der Waals surface area contributed by atoms with Gasteiger partial charge in [-0.15, -0.1) is 0 Å². The minimum atomic E-state index is 0. The number of hydrogen-bond donors (Lipinski definition) is 0. The highest BCUT2D eigenvalue weighted by Crippen LogP contribution is 2.15. The molecule has 4 rings (SSSR count). The van der Waals surface area contributed by atoms with Crippen LogP contribution >= 0.6 is 0 Å². The topological polar surface area (TPSA) is 14.2 Å². The van der Waals surface area contributed by atoms with Crippen molar-refractivity contribution in [2.75, 3.05) is 38.0 Å². The van der Waals surface area contributed by atoms with Crippen molar-refractivity contribution >= 4 is 35.7 Å². The van der Waals surface area contributed by atoms with Crippen LogP contribution in [0.5, 0.6) is 0 Å². The maximum Gasteiger partial charge on any atom is 0.169 e. The Labute approximate surface area is 274 Å². The predicted molar refractivity (Wildman–Crippen MR) is 171 cm³/mol. The van der Waals surface area contributed by atoms with Crippen LogP contribution in [0.4, 0.5) is 11.4 Å². The molecule has 0 unspecified atom stereocenters. The second kappa shape index (κ2) is 18.3. The van der Waals surface area contributed by atoms with Gasteiger partial charge in [0, 0.05) is 76.7 Å². The Morgan fingerprint density at radius 3 is 1.00 bits per heavy atom. The van der Waals surface area contributed by atoms with Crippen LogP contribution in [0, 0.1) is 0 Å². The molecular formula is C36H44Br2N4. The lowest BCUT2D eigenvalue weighted by atomic mass is 10.1. The monoisotopic (exact) mass is 690 g/mol. The molecule has 42 heavy (non-hydrogen) atoms. The smallest absolute Gasteiger partial charge is 0.169 e. The Kier molecular flexibility index (Phi) is 15.3. The van der Waals surface area contributed by atoms with E-state index in [1.165, 1.54) is 59.3 Å². The molecule has 0 atom stereocenters. The number of hydrogen-bond acceptors (Lipinski definition) is 2. The molecule has 0 saturated heterocycles. The molecule has 0 N–H and O–H groups in total. The van der Waals surface area contributed by atoms with E-state index in [1.807, 2.05) is 0 Å². The van der Waals surface area contributed by atoms with Crippen molar-refractivity contribution in [2.45, 2.75) is 38.8 Å². The highest BCUT2D eigenvalue weighted by Gasteiger charge is 2.03. The lowest BCUT2D eigenvalue weighted by Gasteiger charge is -2.11. The van der Waals surface area contributed by atoms with Crippen LogP contribution in [0.2, 0.25) is 0 Å². The molecule has 0 aliphatic carbocycles. The van der Waals surface area contributed by atoms with Gasteiger partial charge in [0.15, 0.2) is 24.8 Å². The van der Waals surface area contributed by atoms with Crippen molar-refractivity contribution in [2.24, 2.45) is 0 Å². The van der Waals surface area contributed by atoms with E-state index in [4.69, 9.17) is 0 Å². The molecule has 0 amide bonds. The fourth-order valence-corrected chi connectivity index (χ4v) is 4.55. The molecule has 222 valence electrons. The highest BCUT2D eigenvalue weighted by molar-refractivity contribution is 5.71. The summed E-state index contributed by atoms with van der Waals surface area (Å²) in [7, 11) is 8.26. The lowest BCUT2D eigenvalue weighted by molar-refractivity contribution is -0.698. The SMILES string of the molecule is CN(C)c1ccc(C=Cc2cc[n+](CCCCCC[n+]3ccc(/C=C/c4ccc(N(C)C)cc4)cc3)cc2)cc1.[Br-].[Br-]. The number of unbranched alkanes of at least 4 members (excludes halogenated alkanes) is 3. The molecule has 6 heteroatoms. The van der Waals surface area contributed by atoms with Gasteiger partial charge in [0.1, 0.15) is 13.1 Å². The van der Waals surface area contributed by atoms with E-state index in [0.717, 1.165) is 13.1 Å². The summed E-state index contributed by atoms with van der Waals surface area (Å²) < 4.78 is 4.58. The lowest BCUT2D eigenvalue weighted by Crippen LogP contribution is -3.00. The summed E-state index contributed by atoms with van der Waals surface area (Å²) in [6.07, 6.45) is 22.4. The van der Waals surface area contributed by atoms with Gasteiger partial charge < -0.3 is 43.8 Å². The molecular weight excluding hydrogens is 648 g/mol. The van der Waals surface area contributed by atoms with E-state index in [-0.39, 0.29) is 34.0 Å². The molecule has 4 nitrogen and oxygen atoms in total. The summed E-state index contributed by atoms with van der Waals surface area (Å²) in [6.45, 7) is 2.14. The van der Waals surface area contributed by atoms with Gasteiger partial charge >= 0.3 is 0 Å². The molecule has 0 bridgehead atoms. The summed E-state index contributed by atoms with van der Waals surface area (Å²) in [4.78, 5) is 4.24. The van der Waals surface area contributed by atoms with Gasteiger partial charge in [-0.05, 0) is 59.4 Å². The van der Waals surface area contributed by atoms with Crippen LogP contribution < -0.4 is 52.9 Å². The third-order valence-corrected chi connectivity index (χ3v) is 7.17. The fourth-order valence-electron chi connectivity index (χ4n) is 4.55. The number of halogens is 2. The van der Waals surface area contributed by atoms with E-state index >= 15 is 0 Å².